The van der Waals surface area contributed by atoms with Gasteiger partial charge in [-0.3, -0.25) is 0 Å². The van der Waals surface area contributed by atoms with Gasteiger partial charge in [0.1, 0.15) is 17.1 Å². The van der Waals surface area contributed by atoms with E-state index in [1.165, 1.54) is 12.1 Å². The maximum Gasteiger partial charge on any atom is 0.342 e. The van der Waals surface area contributed by atoms with Crippen LogP contribution in [0.2, 0.25) is 0 Å². The van der Waals surface area contributed by atoms with Crippen LogP contribution in [0.3, 0.4) is 0 Å². The van der Waals surface area contributed by atoms with Crippen molar-refractivity contribution in [1.82, 2.24) is 0 Å². The number of phenolic OH excluding ortho intramolecular Hbond substituents is 1. The van der Waals surface area contributed by atoms with E-state index in [4.69, 9.17) is 22.5 Å². The van der Waals surface area contributed by atoms with Crippen LogP contribution in [0.4, 0.5) is 0 Å². The number of para-hydroxylation sites is 1. The molecule has 3 N–H and O–H groups in total. The fourth-order valence-electron chi connectivity index (χ4n) is 1.12. The number of carbonyl (C=O) groups is 1. The summed E-state index contributed by atoms with van der Waals surface area (Å²) >= 11 is 4.80. The first-order valence-corrected chi connectivity index (χ1v) is 7.05. The lowest BCUT2D eigenvalue weighted by atomic mass is 10.2. The van der Waals surface area contributed by atoms with Gasteiger partial charge in [0.05, 0.1) is 0 Å². The lowest BCUT2D eigenvalue weighted by molar-refractivity contribution is 0.0458. The van der Waals surface area contributed by atoms with E-state index in [1.54, 1.807) is 24.9 Å². The summed E-state index contributed by atoms with van der Waals surface area (Å²) in [6.45, 7) is 0.545. The molecule has 16 heavy (non-hydrogen) atoms. The SMILES string of the molecule is CC(C=[P+](N)[S-])OC(=O)c1ccccc1O. The molecule has 0 heterocycles. The van der Waals surface area contributed by atoms with Crippen LogP contribution < -0.4 is 5.50 Å². The number of phenols is 1. The van der Waals surface area contributed by atoms with Gasteiger partial charge in [-0.15, -0.1) is 0 Å². The van der Waals surface area contributed by atoms with Gasteiger partial charge in [0, 0.05) is 6.90 Å². The van der Waals surface area contributed by atoms with Crippen molar-refractivity contribution in [3.8, 4) is 5.75 Å². The molecule has 0 aromatic heterocycles. The van der Waals surface area contributed by atoms with Crippen molar-refractivity contribution in [3.63, 3.8) is 0 Å². The van der Waals surface area contributed by atoms with E-state index in [1.807, 2.05) is 0 Å². The lowest BCUT2D eigenvalue weighted by Gasteiger charge is -2.08. The van der Waals surface area contributed by atoms with Gasteiger partial charge < -0.3 is 22.1 Å². The molecular formula is C10H12NO3PS. The number of rotatable bonds is 3. The number of hydrogen-bond acceptors (Lipinski definition) is 5. The topological polar surface area (TPSA) is 72.5 Å². The minimum Gasteiger partial charge on any atom is -0.507 e. The van der Waals surface area contributed by atoms with E-state index >= 15 is 0 Å². The third-order valence-corrected chi connectivity index (χ3v) is 2.85. The van der Waals surface area contributed by atoms with Crippen LogP contribution in [-0.2, 0) is 17.0 Å². The average molecular weight is 257 g/mol. The Morgan fingerprint density at radius 1 is 1.62 bits per heavy atom. The molecule has 1 rings (SSSR count). The summed E-state index contributed by atoms with van der Waals surface area (Å²) in [7, 11) is 0. The van der Waals surface area contributed by atoms with Gasteiger partial charge in [-0.25, -0.2) is 4.79 Å². The standard InChI is InChI=1S/C10H12NO3PS/c1-7(6-15(11)16)14-10(13)8-4-2-3-5-9(8)12/h2-7,12H,11H2,1H3. The first kappa shape index (κ1) is 13.0. The van der Waals surface area contributed by atoms with Crippen molar-refractivity contribution >= 4 is 30.9 Å². The molecule has 0 spiro atoms. The molecule has 1 aromatic carbocycles. The molecule has 0 fully saturated rings. The van der Waals surface area contributed by atoms with E-state index in [9.17, 15) is 9.90 Å². The third-order valence-electron chi connectivity index (χ3n) is 1.77. The molecule has 0 aliphatic rings. The van der Waals surface area contributed by atoms with Gasteiger partial charge in [-0.1, -0.05) is 12.1 Å². The van der Waals surface area contributed by atoms with Crippen LogP contribution in [0.5, 0.6) is 5.75 Å². The summed E-state index contributed by atoms with van der Waals surface area (Å²) < 4.78 is 5.04. The molecule has 0 bridgehead atoms. The zero-order valence-corrected chi connectivity index (χ0v) is 10.4. The summed E-state index contributed by atoms with van der Waals surface area (Å²) in [5, 5.41) is 9.42. The summed E-state index contributed by atoms with van der Waals surface area (Å²) in [4.78, 5) is 11.6. The van der Waals surface area contributed by atoms with Crippen molar-refractivity contribution in [2.45, 2.75) is 13.0 Å². The van der Waals surface area contributed by atoms with Gasteiger partial charge in [-0.05, 0) is 19.1 Å². The molecule has 4 nitrogen and oxygen atoms in total. The smallest absolute Gasteiger partial charge is 0.342 e. The van der Waals surface area contributed by atoms with E-state index < -0.39 is 19.0 Å². The molecule has 0 aliphatic carbocycles. The molecule has 0 amide bonds. The highest BCUT2D eigenvalue weighted by Crippen LogP contribution is 2.17. The number of nitrogens with two attached hydrogens (primary N) is 1. The van der Waals surface area contributed by atoms with Gasteiger partial charge in [-0.2, -0.15) is 5.50 Å². The van der Waals surface area contributed by atoms with Crippen molar-refractivity contribution < 1.29 is 14.6 Å². The Hall–Kier alpha value is -1.03. The molecule has 6 heteroatoms. The van der Waals surface area contributed by atoms with Crippen molar-refractivity contribution in [2.24, 2.45) is 5.50 Å². The van der Waals surface area contributed by atoms with E-state index in [0.717, 1.165) is 0 Å². The first-order chi connectivity index (χ1) is 7.50. The van der Waals surface area contributed by atoms with Crippen LogP contribution in [0, 0.1) is 0 Å². The summed E-state index contributed by atoms with van der Waals surface area (Å²) in [5.74, 6) is 0.893. The van der Waals surface area contributed by atoms with Crippen LogP contribution >= 0.6 is 6.90 Å². The number of aromatic hydroxyl groups is 1. The second-order valence-electron chi connectivity index (χ2n) is 3.14. The lowest BCUT2D eigenvalue weighted by Crippen LogP contribution is -2.16. The summed E-state index contributed by atoms with van der Waals surface area (Å²) in [6, 6.07) is 6.19. The maximum atomic E-state index is 11.6. The largest absolute Gasteiger partial charge is 0.507 e. The fraction of sp³-hybridized carbons (Fsp3) is 0.200. The summed E-state index contributed by atoms with van der Waals surface area (Å²) in [5.41, 5.74) is 5.55. The Labute approximate surface area is 100 Å². The Kier molecular flexibility index (Phi) is 4.80. The molecule has 0 radical (unpaired) electrons. The Morgan fingerprint density at radius 2 is 2.25 bits per heavy atom. The monoisotopic (exact) mass is 257 g/mol. The highest BCUT2D eigenvalue weighted by Gasteiger charge is 2.14. The van der Waals surface area contributed by atoms with Gasteiger partial charge in [0.25, 0.3) is 0 Å². The van der Waals surface area contributed by atoms with E-state index in [2.05, 4.69) is 0 Å². The molecule has 0 aliphatic heterocycles. The molecule has 0 saturated carbocycles. The summed E-state index contributed by atoms with van der Waals surface area (Å²) in [6.07, 6.45) is -0.458. The zero-order chi connectivity index (χ0) is 12.1. The normalized spacial score (nSPS) is 13.3. The Balaban J connectivity index is 2.74. The molecule has 2 atom stereocenters. The minimum atomic E-state index is -1.13. The molecular weight excluding hydrogens is 245 g/mol. The molecule has 0 saturated heterocycles. The molecule has 2 unspecified atom stereocenters. The highest BCUT2D eigenvalue weighted by molar-refractivity contribution is 8.31. The van der Waals surface area contributed by atoms with E-state index in [0.29, 0.717) is 0 Å². The minimum absolute atomic E-state index is 0.104. The van der Waals surface area contributed by atoms with Crippen molar-refractivity contribution in [1.29, 1.82) is 0 Å². The molecule has 86 valence electrons. The van der Waals surface area contributed by atoms with Crippen LogP contribution in [0.25, 0.3) is 0 Å². The number of ether oxygens (including phenoxy) is 1. The van der Waals surface area contributed by atoms with Crippen LogP contribution in [-0.4, -0.2) is 23.0 Å². The quantitative estimate of drug-likeness (QED) is 0.488. The van der Waals surface area contributed by atoms with Crippen molar-refractivity contribution in [3.05, 3.63) is 29.8 Å². The first-order valence-electron chi connectivity index (χ1n) is 4.55. The Bertz CT molecular complexity index is 418. The average Bonchev–Trinajstić information content (AvgIpc) is 2.16. The van der Waals surface area contributed by atoms with Gasteiger partial charge in [0.15, 0.2) is 6.10 Å². The van der Waals surface area contributed by atoms with Crippen molar-refractivity contribution in [2.75, 3.05) is 0 Å². The van der Waals surface area contributed by atoms with Crippen LogP contribution in [0.15, 0.2) is 24.3 Å². The predicted octanol–water partition coefficient (Wildman–Crippen LogP) is 1.56. The maximum absolute atomic E-state index is 11.6. The van der Waals surface area contributed by atoms with Crippen LogP contribution in [0.1, 0.15) is 17.3 Å². The highest BCUT2D eigenvalue weighted by atomic mass is 32.7. The number of esters is 1. The second-order valence-corrected chi connectivity index (χ2v) is 5.42. The Morgan fingerprint density at radius 3 is 2.81 bits per heavy atom. The second kappa shape index (κ2) is 5.89. The number of benzene rings is 1. The predicted molar refractivity (Wildman–Crippen MR) is 67.5 cm³/mol. The zero-order valence-electron chi connectivity index (χ0n) is 8.66. The number of hydrogen-bond donors (Lipinski definition) is 2. The molecule has 1 aromatic rings. The van der Waals surface area contributed by atoms with E-state index in [-0.39, 0.29) is 11.3 Å². The third kappa shape index (κ3) is 3.85. The number of carbonyl (C=O) groups excluding carboxylic acids is 1. The van der Waals surface area contributed by atoms with Gasteiger partial charge in [0.2, 0.25) is 0 Å². The van der Waals surface area contributed by atoms with Gasteiger partial charge >= 0.3 is 5.97 Å². The fourth-order valence-corrected chi connectivity index (χ4v) is 2.10.